The highest BCUT2D eigenvalue weighted by molar-refractivity contribution is 5.52. The Morgan fingerprint density at radius 2 is 1.88 bits per heavy atom. The summed E-state index contributed by atoms with van der Waals surface area (Å²) in [5.41, 5.74) is 2.08. The molecule has 26 heavy (non-hydrogen) atoms. The van der Waals surface area contributed by atoms with Crippen molar-refractivity contribution in [1.29, 1.82) is 0 Å². The van der Waals surface area contributed by atoms with Crippen molar-refractivity contribution in [2.24, 2.45) is 0 Å². The van der Waals surface area contributed by atoms with E-state index in [1.165, 1.54) is 0 Å². The zero-order valence-electron chi connectivity index (χ0n) is 15.3. The molecule has 0 N–H and O–H groups in total. The molecule has 7 heteroatoms. The average Bonchev–Trinajstić information content (AvgIpc) is 3.12. The van der Waals surface area contributed by atoms with E-state index in [1.54, 1.807) is 11.9 Å². The van der Waals surface area contributed by atoms with Gasteiger partial charge in [0, 0.05) is 12.1 Å². The highest BCUT2D eigenvalue weighted by Crippen LogP contribution is 2.28. The standard InChI is InChI=1S/C19H23N5O2/c1-4-26-17-11-10-15(12-18(17)25-3)13-23(2)14-24-21-19(20-22-24)16-8-6-5-7-9-16/h5-12H,4,13-14H2,1-3H3. The summed E-state index contributed by atoms with van der Waals surface area (Å²) in [6.45, 7) is 3.83. The molecule has 3 aromatic rings. The van der Waals surface area contributed by atoms with E-state index in [2.05, 4.69) is 20.3 Å². The molecule has 0 amide bonds. The molecule has 2 aromatic carbocycles. The molecule has 0 fully saturated rings. The second-order valence-electron chi connectivity index (χ2n) is 5.93. The van der Waals surface area contributed by atoms with Crippen LogP contribution >= 0.6 is 0 Å². The second kappa shape index (κ2) is 8.44. The van der Waals surface area contributed by atoms with Crippen molar-refractivity contribution in [3.8, 4) is 22.9 Å². The number of hydrogen-bond acceptors (Lipinski definition) is 6. The number of tetrazole rings is 1. The molecule has 0 spiro atoms. The molecular weight excluding hydrogens is 330 g/mol. The Balaban J connectivity index is 1.64. The zero-order chi connectivity index (χ0) is 18.4. The van der Waals surface area contributed by atoms with Gasteiger partial charge in [0.15, 0.2) is 11.5 Å². The van der Waals surface area contributed by atoms with Gasteiger partial charge in [0.25, 0.3) is 0 Å². The molecule has 0 aliphatic heterocycles. The van der Waals surface area contributed by atoms with Crippen molar-refractivity contribution in [2.75, 3.05) is 20.8 Å². The van der Waals surface area contributed by atoms with Gasteiger partial charge >= 0.3 is 0 Å². The molecular formula is C19H23N5O2. The topological polar surface area (TPSA) is 65.3 Å². The molecule has 0 bridgehead atoms. The Morgan fingerprint density at radius 1 is 1.08 bits per heavy atom. The monoisotopic (exact) mass is 353 g/mol. The average molecular weight is 353 g/mol. The first-order chi connectivity index (χ1) is 12.7. The van der Waals surface area contributed by atoms with Crippen molar-refractivity contribution < 1.29 is 9.47 Å². The zero-order valence-corrected chi connectivity index (χ0v) is 15.3. The maximum Gasteiger partial charge on any atom is 0.204 e. The summed E-state index contributed by atoms with van der Waals surface area (Å²) in [5, 5.41) is 12.7. The smallest absolute Gasteiger partial charge is 0.204 e. The second-order valence-corrected chi connectivity index (χ2v) is 5.93. The lowest BCUT2D eigenvalue weighted by Gasteiger charge is -2.17. The van der Waals surface area contributed by atoms with Crippen molar-refractivity contribution >= 4 is 0 Å². The molecule has 0 radical (unpaired) electrons. The molecule has 0 unspecified atom stereocenters. The molecule has 0 aliphatic carbocycles. The lowest BCUT2D eigenvalue weighted by molar-refractivity contribution is 0.226. The number of rotatable bonds is 8. The summed E-state index contributed by atoms with van der Waals surface area (Å²) in [4.78, 5) is 3.69. The third-order valence-electron chi connectivity index (χ3n) is 3.83. The fourth-order valence-corrected chi connectivity index (χ4v) is 2.67. The summed E-state index contributed by atoms with van der Waals surface area (Å²) >= 11 is 0. The Morgan fingerprint density at radius 3 is 2.62 bits per heavy atom. The maximum atomic E-state index is 5.56. The van der Waals surface area contributed by atoms with Crippen LogP contribution in [-0.2, 0) is 13.2 Å². The minimum absolute atomic E-state index is 0.537. The summed E-state index contributed by atoms with van der Waals surface area (Å²) in [7, 11) is 3.66. The van der Waals surface area contributed by atoms with Crippen LogP contribution in [0.1, 0.15) is 12.5 Å². The van der Waals surface area contributed by atoms with Crippen LogP contribution in [0.25, 0.3) is 11.4 Å². The lowest BCUT2D eigenvalue weighted by Crippen LogP contribution is -2.23. The Labute approximate surface area is 153 Å². The molecule has 0 atom stereocenters. The SMILES string of the molecule is CCOc1ccc(CN(C)Cn2nnc(-c3ccccc3)n2)cc1OC. The fourth-order valence-electron chi connectivity index (χ4n) is 2.67. The minimum atomic E-state index is 0.537. The maximum absolute atomic E-state index is 5.56. The largest absolute Gasteiger partial charge is 0.493 e. The summed E-state index contributed by atoms with van der Waals surface area (Å²) in [6.07, 6.45) is 0. The highest BCUT2D eigenvalue weighted by atomic mass is 16.5. The number of methoxy groups -OCH3 is 1. The highest BCUT2D eigenvalue weighted by Gasteiger charge is 2.10. The van der Waals surface area contributed by atoms with Gasteiger partial charge in [0.2, 0.25) is 5.82 Å². The van der Waals surface area contributed by atoms with Gasteiger partial charge in [0.05, 0.1) is 13.7 Å². The van der Waals surface area contributed by atoms with Crippen LogP contribution in [0.3, 0.4) is 0 Å². The molecule has 3 rings (SSSR count). The number of nitrogens with zero attached hydrogens (tertiary/aromatic N) is 5. The van der Waals surface area contributed by atoms with E-state index in [-0.39, 0.29) is 0 Å². The van der Waals surface area contributed by atoms with Crippen molar-refractivity contribution in [2.45, 2.75) is 20.1 Å². The summed E-state index contributed by atoms with van der Waals surface area (Å²) < 4.78 is 11.0. The minimum Gasteiger partial charge on any atom is -0.493 e. The van der Waals surface area contributed by atoms with Gasteiger partial charge in [-0.2, -0.15) is 0 Å². The first-order valence-corrected chi connectivity index (χ1v) is 8.51. The van der Waals surface area contributed by atoms with Crippen LogP contribution in [0, 0.1) is 0 Å². The number of hydrogen-bond donors (Lipinski definition) is 0. The summed E-state index contributed by atoms with van der Waals surface area (Å²) in [6, 6.07) is 15.8. The molecule has 1 heterocycles. The van der Waals surface area contributed by atoms with Crippen LogP contribution < -0.4 is 9.47 Å². The molecule has 7 nitrogen and oxygen atoms in total. The molecule has 0 aliphatic rings. The van der Waals surface area contributed by atoms with Crippen LogP contribution in [-0.4, -0.2) is 45.9 Å². The van der Waals surface area contributed by atoms with E-state index in [0.717, 1.165) is 29.2 Å². The first-order valence-electron chi connectivity index (χ1n) is 8.51. The van der Waals surface area contributed by atoms with E-state index in [0.29, 0.717) is 19.1 Å². The van der Waals surface area contributed by atoms with Crippen LogP contribution in [0.4, 0.5) is 0 Å². The van der Waals surface area contributed by atoms with Gasteiger partial charge in [0.1, 0.15) is 6.67 Å². The van der Waals surface area contributed by atoms with Gasteiger partial charge in [-0.3, -0.25) is 4.90 Å². The predicted molar refractivity (Wildman–Crippen MR) is 98.9 cm³/mol. The third-order valence-corrected chi connectivity index (χ3v) is 3.83. The number of benzene rings is 2. The van der Waals surface area contributed by atoms with Crippen LogP contribution in [0.15, 0.2) is 48.5 Å². The van der Waals surface area contributed by atoms with E-state index in [9.17, 15) is 0 Å². The van der Waals surface area contributed by atoms with E-state index >= 15 is 0 Å². The number of aromatic nitrogens is 4. The predicted octanol–water partition coefficient (Wildman–Crippen LogP) is 2.84. The van der Waals surface area contributed by atoms with Gasteiger partial charge < -0.3 is 9.47 Å². The summed E-state index contributed by atoms with van der Waals surface area (Å²) in [5.74, 6) is 2.12. The Bertz CT molecular complexity index is 835. The Kier molecular flexibility index (Phi) is 5.80. The third kappa shape index (κ3) is 4.37. The fraction of sp³-hybridized carbons (Fsp3) is 0.316. The van der Waals surface area contributed by atoms with E-state index in [1.807, 2.05) is 62.5 Å². The van der Waals surface area contributed by atoms with Crippen molar-refractivity contribution in [3.63, 3.8) is 0 Å². The van der Waals surface area contributed by atoms with Gasteiger partial charge in [-0.15, -0.1) is 15.0 Å². The number of ether oxygens (including phenoxy) is 2. The first kappa shape index (κ1) is 17.9. The van der Waals surface area contributed by atoms with Gasteiger partial charge in [-0.05, 0) is 36.9 Å². The normalized spacial score (nSPS) is 10.9. The molecule has 1 aromatic heterocycles. The molecule has 136 valence electrons. The van der Waals surface area contributed by atoms with E-state index < -0.39 is 0 Å². The quantitative estimate of drug-likeness (QED) is 0.620. The Hall–Kier alpha value is -2.93. The van der Waals surface area contributed by atoms with Crippen LogP contribution in [0.5, 0.6) is 11.5 Å². The van der Waals surface area contributed by atoms with Crippen molar-refractivity contribution in [1.82, 2.24) is 25.1 Å². The van der Waals surface area contributed by atoms with Gasteiger partial charge in [-0.1, -0.05) is 36.4 Å². The lowest BCUT2D eigenvalue weighted by atomic mass is 10.2. The van der Waals surface area contributed by atoms with E-state index in [4.69, 9.17) is 9.47 Å². The van der Waals surface area contributed by atoms with Crippen LogP contribution in [0.2, 0.25) is 0 Å². The van der Waals surface area contributed by atoms with Crippen molar-refractivity contribution in [3.05, 3.63) is 54.1 Å². The molecule has 0 saturated heterocycles. The van der Waals surface area contributed by atoms with Gasteiger partial charge in [-0.25, -0.2) is 0 Å². The molecule has 0 saturated carbocycles.